The summed E-state index contributed by atoms with van der Waals surface area (Å²) < 4.78 is 0. The van der Waals surface area contributed by atoms with E-state index in [-0.39, 0.29) is 12.1 Å². The van der Waals surface area contributed by atoms with Crippen LogP contribution in [-0.2, 0) is 0 Å². The number of hydrogen-bond acceptors (Lipinski definition) is 2. The zero-order chi connectivity index (χ0) is 15.2. The van der Waals surface area contributed by atoms with Gasteiger partial charge in [-0.25, -0.2) is 4.79 Å². The first-order valence-corrected chi connectivity index (χ1v) is 7.90. The predicted molar refractivity (Wildman–Crippen MR) is 85.3 cm³/mol. The first-order valence-electron chi connectivity index (χ1n) is 7.90. The van der Waals surface area contributed by atoms with Crippen LogP contribution in [-0.4, -0.2) is 17.2 Å². The van der Waals surface area contributed by atoms with Gasteiger partial charge >= 0.3 is 6.03 Å². The Balaban J connectivity index is 1.88. The maximum Gasteiger partial charge on any atom is 0.319 e. The van der Waals surface area contributed by atoms with Gasteiger partial charge in [-0.15, -0.1) is 0 Å². The van der Waals surface area contributed by atoms with Crippen molar-refractivity contribution >= 4 is 11.7 Å². The molecule has 1 fully saturated rings. The van der Waals surface area contributed by atoms with Gasteiger partial charge in [-0.3, -0.25) is 0 Å². The van der Waals surface area contributed by atoms with Crippen molar-refractivity contribution in [2.24, 2.45) is 5.92 Å². The summed E-state index contributed by atoms with van der Waals surface area (Å²) in [5, 5.41) is 15.5. The summed E-state index contributed by atoms with van der Waals surface area (Å²) in [6.45, 7) is 4.00. The summed E-state index contributed by atoms with van der Waals surface area (Å²) in [6.07, 6.45) is 5.22. The Bertz CT molecular complexity index is 474. The van der Waals surface area contributed by atoms with Crippen molar-refractivity contribution in [3.8, 4) is 0 Å². The van der Waals surface area contributed by atoms with Gasteiger partial charge < -0.3 is 15.7 Å². The molecular weight excluding hydrogens is 264 g/mol. The summed E-state index contributed by atoms with van der Waals surface area (Å²) in [7, 11) is 0. The SMILES string of the molecule is CC1CCCC(NC(=O)Nc2cccc(C(C)O)c2)CC1. The number of benzene rings is 1. The van der Waals surface area contributed by atoms with Crippen LogP contribution in [0.3, 0.4) is 0 Å². The molecule has 2 amide bonds. The Morgan fingerprint density at radius 2 is 2.10 bits per heavy atom. The van der Waals surface area contributed by atoms with E-state index in [1.807, 2.05) is 18.2 Å². The number of urea groups is 1. The van der Waals surface area contributed by atoms with E-state index in [0.717, 1.165) is 24.3 Å². The van der Waals surface area contributed by atoms with Crippen molar-refractivity contribution < 1.29 is 9.90 Å². The number of amides is 2. The van der Waals surface area contributed by atoms with Gasteiger partial charge in [-0.2, -0.15) is 0 Å². The highest BCUT2D eigenvalue weighted by Gasteiger charge is 2.17. The van der Waals surface area contributed by atoms with Crippen molar-refractivity contribution in [1.29, 1.82) is 0 Å². The molecule has 1 aliphatic rings. The van der Waals surface area contributed by atoms with Crippen molar-refractivity contribution in [3.63, 3.8) is 0 Å². The number of aliphatic hydroxyl groups is 1. The fourth-order valence-corrected chi connectivity index (χ4v) is 2.86. The van der Waals surface area contributed by atoms with Crippen molar-refractivity contribution in [1.82, 2.24) is 5.32 Å². The second kappa shape index (κ2) is 7.46. The molecule has 0 heterocycles. The van der Waals surface area contributed by atoms with E-state index in [9.17, 15) is 9.90 Å². The Kier molecular flexibility index (Phi) is 5.62. The van der Waals surface area contributed by atoms with Gasteiger partial charge in [0.1, 0.15) is 0 Å². The molecule has 1 aromatic rings. The molecule has 0 bridgehead atoms. The number of carbonyl (C=O) groups excluding carboxylic acids is 1. The van der Waals surface area contributed by atoms with Gasteiger partial charge in [0.15, 0.2) is 0 Å². The summed E-state index contributed by atoms with van der Waals surface area (Å²) in [4.78, 5) is 12.1. The number of aliphatic hydroxyl groups excluding tert-OH is 1. The van der Waals surface area contributed by atoms with Crippen LogP contribution < -0.4 is 10.6 Å². The van der Waals surface area contributed by atoms with Crippen LogP contribution in [0, 0.1) is 5.92 Å². The number of nitrogens with one attached hydrogen (secondary N) is 2. The maximum absolute atomic E-state index is 12.1. The molecule has 1 aromatic carbocycles. The number of carbonyl (C=O) groups is 1. The van der Waals surface area contributed by atoms with Crippen LogP contribution in [0.25, 0.3) is 0 Å². The van der Waals surface area contributed by atoms with Gasteiger partial charge in [-0.05, 0) is 49.8 Å². The van der Waals surface area contributed by atoms with E-state index in [2.05, 4.69) is 17.6 Å². The Hall–Kier alpha value is -1.55. The Morgan fingerprint density at radius 3 is 2.86 bits per heavy atom. The molecule has 0 radical (unpaired) electrons. The van der Waals surface area contributed by atoms with Gasteiger partial charge in [-0.1, -0.05) is 31.9 Å². The molecule has 21 heavy (non-hydrogen) atoms. The molecule has 4 heteroatoms. The predicted octanol–water partition coefficient (Wildman–Crippen LogP) is 3.83. The largest absolute Gasteiger partial charge is 0.389 e. The summed E-state index contributed by atoms with van der Waals surface area (Å²) in [6, 6.07) is 7.44. The zero-order valence-electron chi connectivity index (χ0n) is 12.9. The van der Waals surface area contributed by atoms with Crippen LogP contribution in [0.2, 0.25) is 0 Å². The fraction of sp³-hybridized carbons (Fsp3) is 0.588. The fourth-order valence-electron chi connectivity index (χ4n) is 2.86. The van der Waals surface area contributed by atoms with Crippen LogP contribution >= 0.6 is 0 Å². The highest BCUT2D eigenvalue weighted by Crippen LogP contribution is 2.23. The molecule has 1 aliphatic carbocycles. The third-order valence-corrected chi connectivity index (χ3v) is 4.22. The van der Waals surface area contributed by atoms with Crippen LogP contribution in [0.5, 0.6) is 0 Å². The molecule has 3 atom stereocenters. The van der Waals surface area contributed by atoms with Crippen LogP contribution in [0.1, 0.15) is 57.6 Å². The molecule has 1 saturated carbocycles. The second-order valence-electron chi connectivity index (χ2n) is 6.21. The first kappa shape index (κ1) is 15.8. The topological polar surface area (TPSA) is 61.4 Å². The lowest BCUT2D eigenvalue weighted by atomic mass is 10.0. The van der Waals surface area contributed by atoms with Gasteiger partial charge in [0.25, 0.3) is 0 Å². The molecule has 4 nitrogen and oxygen atoms in total. The third-order valence-electron chi connectivity index (χ3n) is 4.22. The molecule has 2 rings (SSSR count). The van der Waals surface area contributed by atoms with Crippen molar-refractivity contribution in [2.45, 2.75) is 58.1 Å². The maximum atomic E-state index is 12.1. The first-order chi connectivity index (χ1) is 10.0. The minimum absolute atomic E-state index is 0.155. The van der Waals surface area contributed by atoms with E-state index < -0.39 is 6.10 Å². The van der Waals surface area contributed by atoms with Crippen LogP contribution in [0.15, 0.2) is 24.3 Å². The Morgan fingerprint density at radius 1 is 1.29 bits per heavy atom. The molecule has 0 spiro atoms. The molecular formula is C17H26N2O2. The smallest absolute Gasteiger partial charge is 0.319 e. The molecule has 0 saturated heterocycles. The summed E-state index contributed by atoms with van der Waals surface area (Å²) in [5.41, 5.74) is 1.52. The summed E-state index contributed by atoms with van der Waals surface area (Å²) >= 11 is 0. The van der Waals surface area contributed by atoms with E-state index >= 15 is 0 Å². The second-order valence-corrected chi connectivity index (χ2v) is 6.21. The highest BCUT2D eigenvalue weighted by molar-refractivity contribution is 5.89. The van der Waals surface area contributed by atoms with E-state index in [0.29, 0.717) is 5.69 Å². The lowest BCUT2D eigenvalue weighted by molar-refractivity contribution is 0.199. The average Bonchev–Trinajstić information content (AvgIpc) is 2.64. The lowest BCUT2D eigenvalue weighted by Gasteiger charge is -2.17. The third kappa shape index (κ3) is 5.05. The average molecular weight is 290 g/mol. The lowest BCUT2D eigenvalue weighted by Crippen LogP contribution is -2.37. The summed E-state index contributed by atoms with van der Waals surface area (Å²) in [5.74, 6) is 0.766. The quantitative estimate of drug-likeness (QED) is 0.741. The van der Waals surface area contributed by atoms with E-state index in [1.165, 1.54) is 19.3 Å². The van der Waals surface area contributed by atoms with Crippen LogP contribution in [0.4, 0.5) is 10.5 Å². The molecule has 3 N–H and O–H groups in total. The molecule has 116 valence electrons. The highest BCUT2D eigenvalue weighted by atomic mass is 16.3. The van der Waals surface area contributed by atoms with Gasteiger partial charge in [0.05, 0.1) is 6.10 Å². The van der Waals surface area contributed by atoms with E-state index in [1.54, 1.807) is 13.0 Å². The number of rotatable bonds is 3. The minimum Gasteiger partial charge on any atom is -0.389 e. The monoisotopic (exact) mass is 290 g/mol. The van der Waals surface area contributed by atoms with Gasteiger partial charge in [0, 0.05) is 11.7 Å². The van der Waals surface area contributed by atoms with E-state index in [4.69, 9.17) is 0 Å². The Labute approximate surface area is 126 Å². The zero-order valence-corrected chi connectivity index (χ0v) is 12.9. The minimum atomic E-state index is -0.529. The van der Waals surface area contributed by atoms with Crippen molar-refractivity contribution in [3.05, 3.63) is 29.8 Å². The standard InChI is InChI=1S/C17H26N2O2/c1-12-5-3-7-15(10-9-12)18-17(21)19-16-8-4-6-14(11-16)13(2)20/h4,6,8,11-13,15,20H,3,5,7,9-10H2,1-2H3,(H2,18,19,21). The van der Waals surface area contributed by atoms with Gasteiger partial charge in [0.2, 0.25) is 0 Å². The molecule has 0 aromatic heterocycles. The van der Waals surface area contributed by atoms with Crippen molar-refractivity contribution in [2.75, 3.05) is 5.32 Å². The number of hydrogen-bond donors (Lipinski definition) is 3. The molecule has 3 unspecified atom stereocenters. The number of anilines is 1. The molecule has 0 aliphatic heterocycles. The normalized spacial score (nSPS) is 24.0.